The van der Waals surface area contributed by atoms with Gasteiger partial charge in [0.1, 0.15) is 0 Å². The van der Waals surface area contributed by atoms with Gasteiger partial charge in [-0.05, 0) is 37.4 Å². The molecule has 5 nitrogen and oxygen atoms in total. The molecule has 1 aromatic rings. The topological polar surface area (TPSA) is 71.1 Å². The van der Waals surface area contributed by atoms with E-state index in [0.717, 1.165) is 19.4 Å². The van der Waals surface area contributed by atoms with Gasteiger partial charge in [-0.15, -0.1) is 0 Å². The van der Waals surface area contributed by atoms with Crippen molar-refractivity contribution in [2.24, 2.45) is 5.41 Å². The van der Waals surface area contributed by atoms with Crippen LogP contribution in [0.4, 0.5) is 0 Å². The number of hydrogen-bond donors (Lipinski definition) is 2. The third-order valence-electron chi connectivity index (χ3n) is 3.11. The monoisotopic (exact) mass is 255 g/mol. The van der Waals surface area contributed by atoms with Gasteiger partial charge in [-0.1, -0.05) is 0 Å². The molecule has 2 N–H and O–H groups in total. The van der Waals surface area contributed by atoms with Crippen LogP contribution in [-0.2, 0) is 10.0 Å². The van der Waals surface area contributed by atoms with E-state index in [-0.39, 0.29) is 10.3 Å². The summed E-state index contributed by atoms with van der Waals surface area (Å²) in [6.07, 6.45) is 5.11. The number of nitrogens with zero attached hydrogens (tertiary/aromatic N) is 1. The molecule has 1 fully saturated rings. The van der Waals surface area contributed by atoms with Gasteiger partial charge in [0.2, 0.25) is 10.0 Å². The lowest BCUT2D eigenvalue weighted by atomic mass is 10.1. The third kappa shape index (κ3) is 3.02. The summed E-state index contributed by atoms with van der Waals surface area (Å²) in [5.41, 5.74) is 0.120. The maximum absolute atomic E-state index is 12.0. The third-order valence-corrected chi connectivity index (χ3v) is 4.52. The second kappa shape index (κ2) is 4.72. The Balaban J connectivity index is 2.00. The van der Waals surface area contributed by atoms with Crippen molar-refractivity contribution in [3.05, 3.63) is 24.5 Å². The van der Waals surface area contributed by atoms with E-state index >= 15 is 0 Å². The smallest absolute Gasteiger partial charge is 0.240 e. The summed E-state index contributed by atoms with van der Waals surface area (Å²) in [4.78, 5) is 4.08. The average molecular weight is 255 g/mol. The molecule has 0 unspecified atom stereocenters. The molecule has 1 aromatic heterocycles. The Bertz CT molecular complexity index is 469. The van der Waals surface area contributed by atoms with Crippen LogP contribution in [0.3, 0.4) is 0 Å². The predicted molar refractivity (Wildman–Crippen MR) is 65.0 cm³/mol. The molecule has 94 valence electrons. The molecule has 0 bridgehead atoms. The summed E-state index contributed by atoms with van der Waals surface area (Å²) >= 11 is 0. The molecular formula is C11H17N3O2S. The lowest BCUT2D eigenvalue weighted by Crippen LogP contribution is -2.34. The fraction of sp³-hybridized carbons (Fsp3) is 0.545. The Morgan fingerprint density at radius 2 is 1.94 bits per heavy atom. The summed E-state index contributed by atoms with van der Waals surface area (Å²) in [7, 11) is -1.50. The van der Waals surface area contributed by atoms with E-state index in [2.05, 4.69) is 15.0 Å². The molecule has 1 saturated carbocycles. The number of pyridine rings is 1. The van der Waals surface area contributed by atoms with Crippen LogP contribution >= 0.6 is 0 Å². The van der Waals surface area contributed by atoms with Crippen LogP contribution in [0, 0.1) is 5.41 Å². The van der Waals surface area contributed by atoms with E-state index in [1.54, 1.807) is 0 Å². The highest BCUT2D eigenvalue weighted by Gasteiger charge is 2.42. The second-order valence-electron chi connectivity index (χ2n) is 4.54. The maximum Gasteiger partial charge on any atom is 0.240 e. The molecule has 1 aliphatic carbocycles. The fourth-order valence-corrected chi connectivity index (χ4v) is 2.96. The van der Waals surface area contributed by atoms with E-state index < -0.39 is 10.0 Å². The van der Waals surface area contributed by atoms with Gasteiger partial charge in [0.15, 0.2) is 0 Å². The summed E-state index contributed by atoms with van der Waals surface area (Å²) in [6.45, 7) is 1.35. The number of aromatic nitrogens is 1. The minimum absolute atomic E-state index is 0.120. The molecule has 0 spiro atoms. The highest BCUT2D eigenvalue weighted by Crippen LogP contribution is 2.44. The SMILES string of the molecule is CNCC1(CNS(=O)(=O)c2ccncc2)CC1. The Morgan fingerprint density at radius 1 is 1.29 bits per heavy atom. The molecule has 1 aliphatic rings. The Morgan fingerprint density at radius 3 is 2.47 bits per heavy atom. The molecule has 0 atom stereocenters. The summed E-state index contributed by atoms with van der Waals surface area (Å²) in [5.74, 6) is 0. The fourth-order valence-electron chi connectivity index (χ4n) is 1.82. The van der Waals surface area contributed by atoms with Crippen molar-refractivity contribution >= 4 is 10.0 Å². The molecule has 17 heavy (non-hydrogen) atoms. The first-order valence-corrected chi connectivity index (χ1v) is 7.11. The predicted octanol–water partition coefficient (Wildman–Crippen LogP) is 0.359. The van der Waals surface area contributed by atoms with Crippen molar-refractivity contribution in [2.45, 2.75) is 17.7 Å². The van der Waals surface area contributed by atoms with Gasteiger partial charge in [0.25, 0.3) is 0 Å². The molecule has 6 heteroatoms. The van der Waals surface area contributed by atoms with Crippen LogP contribution < -0.4 is 10.0 Å². The molecule has 0 radical (unpaired) electrons. The lowest BCUT2D eigenvalue weighted by Gasteiger charge is -2.15. The molecular weight excluding hydrogens is 238 g/mol. The minimum atomic E-state index is -3.39. The molecule has 2 rings (SSSR count). The molecule has 0 aliphatic heterocycles. The maximum atomic E-state index is 12.0. The van der Waals surface area contributed by atoms with Crippen molar-refractivity contribution < 1.29 is 8.42 Å². The summed E-state index contributed by atoms with van der Waals surface area (Å²) in [6, 6.07) is 3.00. The van der Waals surface area contributed by atoms with Crippen LogP contribution in [0.2, 0.25) is 0 Å². The summed E-state index contributed by atoms with van der Waals surface area (Å²) in [5, 5.41) is 3.10. The van der Waals surface area contributed by atoms with Gasteiger partial charge >= 0.3 is 0 Å². The Labute approximate surface area is 102 Å². The first-order valence-electron chi connectivity index (χ1n) is 5.62. The van der Waals surface area contributed by atoms with Crippen molar-refractivity contribution in [1.29, 1.82) is 0 Å². The summed E-state index contributed by atoms with van der Waals surface area (Å²) < 4.78 is 26.6. The molecule has 1 heterocycles. The van der Waals surface area contributed by atoms with E-state index in [0.29, 0.717) is 6.54 Å². The van der Waals surface area contributed by atoms with Gasteiger partial charge in [-0.3, -0.25) is 4.98 Å². The molecule has 0 aromatic carbocycles. The first-order chi connectivity index (χ1) is 8.08. The largest absolute Gasteiger partial charge is 0.319 e. The van der Waals surface area contributed by atoms with E-state index in [4.69, 9.17) is 0 Å². The van der Waals surface area contributed by atoms with E-state index in [1.165, 1.54) is 24.5 Å². The van der Waals surface area contributed by atoms with Gasteiger partial charge < -0.3 is 5.32 Å². The van der Waals surface area contributed by atoms with E-state index in [9.17, 15) is 8.42 Å². The quantitative estimate of drug-likeness (QED) is 0.770. The van der Waals surface area contributed by atoms with Crippen LogP contribution in [0.25, 0.3) is 0 Å². The normalized spacial score (nSPS) is 17.9. The van der Waals surface area contributed by atoms with Gasteiger partial charge in [-0.25, -0.2) is 13.1 Å². The van der Waals surface area contributed by atoms with Crippen molar-refractivity contribution in [3.63, 3.8) is 0 Å². The lowest BCUT2D eigenvalue weighted by molar-refractivity contribution is 0.468. The highest BCUT2D eigenvalue weighted by molar-refractivity contribution is 7.89. The molecule has 0 saturated heterocycles. The van der Waals surface area contributed by atoms with Crippen LogP contribution in [0.1, 0.15) is 12.8 Å². The number of rotatable bonds is 6. The number of hydrogen-bond acceptors (Lipinski definition) is 4. The standard InChI is InChI=1S/C11H17N3O2S/c1-12-8-11(4-5-11)9-14-17(15,16)10-2-6-13-7-3-10/h2-3,6-7,12,14H,4-5,8-9H2,1H3. The first kappa shape index (κ1) is 12.5. The zero-order valence-electron chi connectivity index (χ0n) is 9.81. The Hall–Kier alpha value is -0.980. The van der Waals surface area contributed by atoms with E-state index in [1.807, 2.05) is 7.05 Å². The number of nitrogens with one attached hydrogen (secondary N) is 2. The minimum Gasteiger partial charge on any atom is -0.319 e. The van der Waals surface area contributed by atoms with Crippen LogP contribution in [0.15, 0.2) is 29.4 Å². The van der Waals surface area contributed by atoms with Crippen molar-refractivity contribution in [1.82, 2.24) is 15.0 Å². The van der Waals surface area contributed by atoms with Gasteiger partial charge in [0, 0.05) is 25.5 Å². The highest BCUT2D eigenvalue weighted by atomic mass is 32.2. The number of sulfonamides is 1. The van der Waals surface area contributed by atoms with Gasteiger partial charge in [0.05, 0.1) is 4.90 Å². The average Bonchev–Trinajstić information content (AvgIpc) is 3.09. The molecule has 0 amide bonds. The van der Waals surface area contributed by atoms with Crippen LogP contribution in [-0.4, -0.2) is 33.5 Å². The van der Waals surface area contributed by atoms with Gasteiger partial charge in [-0.2, -0.15) is 0 Å². The zero-order chi connectivity index (χ0) is 12.4. The van der Waals surface area contributed by atoms with Crippen molar-refractivity contribution in [3.8, 4) is 0 Å². The zero-order valence-corrected chi connectivity index (χ0v) is 10.6. The van der Waals surface area contributed by atoms with Crippen molar-refractivity contribution in [2.75, 3.05) is 20.1 Å². The van der Waals surface area contributed by atoms with Crippen LogP contribution in [0.5, 0.6) is 0 Å². The Kier molecular flexibility index (Phi) is 3.46. The second-order valence-corrected chi connectivity index (χ2v) is 6.30.